The summed E-state index contributed by atoms with van der Waals surface area (Å²) < 4.78 is 13.7. The number of benzene rings is 3. The number of ether oxygens (including phenoxy) is 2. The Morgan fingerprint density at radius 3 is 2.64 bits per heavy atom. The van der Waals surface area contributed by atoms with Crippen molar-refractivity contribution in [3.63, 3.8) is 0 Å². The SMILES string of the molecule is CCOc1ccc(C=c2sc3n(c2=O)C(c2ccccc2)C2=C(N=3)c3ccccc3CC2)cc1OC. The maximum Gasteiger partial charge on any atom is 0.271 e. The lowest BCUT2D eigenvalue weighted by molar-refractivity contribution is 0.311. The molecule has 0 bridgehead atoms. The molecule has 0 spiro atoms. The van der Waals surface area contributed by atoms with Crippen LogP contribution in [0.4, 0.5) is 0 Å². The maximum atomic E-state index is 13.8. The summed E-state index contributed by atoms with van der Waals surface area (Å²) in [6.07, 6.45) is 3.75. The molecule has 1 aromatic heterocycles. The number of rotatable bonds is 5. The highest BCUT2D eigenvalue weighted by atomic mass is 32.1. The van der Waals surface area contributed by atoms with Crippen molar-refractivity contribution in [2.24, 2.45) is 4.99 Å². The molecule has 1 aliphatic carbocycles. The highest BCUT2D eigenvalue weighted by molar-refractivity contribution is 7.07. The number of aryl methyl sites for hydroxylation is 1. The fourth-order valence-electron chi connectivity index (χ4n) is 5.16. The van der Waals surface area contributed by atoms with Crippen LogP contribution in [-0.4, -0.2) is 18.3 Å². The van der Waals surface area contributed by atoms with Crippen LogP contribution in [0.25, 0.3) is 11.8 Å². The third-order valence-electron chi connectivity index (χ3n) is 6.77. The molecule has 36 heavy (non-hydrogen) atoms. The van der Waals surface area contributed by atoms with E-state index in [0.717, 1.165) is 34.5 Å². The molecule has 2 aliphatic rings. The zero-order chi connectivity index (χ0) is 24.6. The van der Waals surface area contributed by atoms with E-state index in [4.69, 9.17) is 14.5 Å². The third kappa shape index (κ3) is 3.78. The van der Waals surface area contributed by atoms with Crippen molar-refractivity contribution < 1.29 is 9.47 Å². The molecule has 1 aliphatic heterocycles. The molecule has 4 aromatic rings. The van der Waals surface area contributed by atoms with Gasteiger partial charge in [-0.15, -0.1) is 0 Å². The molecule has 0 radical (unpaired) electrons. The average molecular weight is 495 g/mol. The Hall–Kier alpha value is -3.90. The molecular formula is C30H26N2O3S. The predicted molar refractivity (Wildman–Crippen MR) is 143 cm³/mol. The Morgan fingerprint density at radius 2 is 1.83 bits per heavy atom. The number of thiazole rings is 1. The number of methoxy groups -OCH3 is 1. The van der Waals surface area contributed by atoms with E-state index < -0.39 is 0 Å². The summed E-state index contributed by atoms with van der Waals surface area (Å²) in [6, 6.07) is 24.3. The van der Waals surface area contributed by atoms with Crippen LogP contribution >= 0.6 is 11.3 Å². The second-order valence-electron chi connectivity index (χ2n) is 8.87. The topological polar surface area (TPSA) is 52.8 Å². The molecule has 6 heteroatoms. The van der Waals surface area contributed by atoms with E-state index in [1.807, 2.05) is 54.0 Å². The normalized spacial score (nSPS) is 16.6. The quantitative estimate of drug-likeness (QED) is 0.403. The minimum absolute atomic E-state index is 0.0223. The van der Waals surface area contributed by atoms with E-state index in [1.165, 1.54) is 28.0 Å². The molecule has 1 unspecified atom stereocenters. The smallest absolute Gasteiger partial charge is 0.271 e. The van der Waals surface area contributed by atoms with E-state index in [2.05, 4.69) is 36.4 Å². The first kappa shape index (κ1) is 22.6. The molecule has 0 saturated heterocycles. The van der Waals surface area contributed by atoms with Gasteiger partial charge in [-0.1, -0.05) is 72.0 Å². The van der Waals surface area contributed by atoms with Crippen molar-refractivity contribution in [3.05, 3.63) is 120 Å². The average Bonchev–Trinajstić information content (AvgIpc) is 3.23. The molecule has 180 valence electrons. The van der Waals surface area contributed by atoms with Crippen molar-refractivity contribution in [1.29, 1.82) is 0 Å². The van der Waals surface area contributed by atoms with Crippen molar-refractivity contribution >= 4 is 23.1 Å². The standard InChI is InChI=1S/C30H26N2O3S/c1-3-35-24-16-13-19(17-25(24)34-2)18-26-29(33)32-28(21-10-5-4-6-11-21)23-15-14-20-9-7-8-12-22(20)27(23)31-30(32)36-26/h4-13,16-18,28H,3,14-15H2,1-2H3. The molecule has 0 N–H and O–H groups in total. The van der Waals surface area contributed by atoms with Crippen LogP contribution in [0.2, 0.25) is 0 Å². The zero-order valence-electron chi connectivity index (χ0n) is 20.2. The molecule has 0 amide bonds. The summed E-state index contributed by atoms with van der Waals surface area (Å²) in [7, 11) is 1.62. The maximum absolute atomic E-state index is 13.8. The summed E-state index contributed by atoms with van der Waals surface area (Å²) in [4.78, 5) is 19.7. The number of aromatic nitrogens is 1. The number of allylic oxidation sites excluding steroid dienone is 1. The van der Waals surface area contributed by atoms with Crippen molar-refractivity contribution in [3.8, 4) is 11.5 Å². The van der Waals surface area contributed by atoms with Crippen LogP contribution < -0.4 is 24.4 Å². The minimum atomic E-state index is -0.164. The number of hydrogen-bond acceptors (Lipinski definition) is 5. The van der Waals surface area contributed by atoms with Gasteiger partial charge in [-0.3, -0.25) is 9.36 Å². The number of fused-ring (bicyclic) bond motifs is 3. The molecule has 2 heterocycles. The van der Waals surface area contributed by atoms with Gasteiger partial charge in [-0.2, -0.15) is 0 Å². The van der Waals surface area contributed by atoms with E-state index in [1.54, 1.807) is 7.11 Å². The molecule has 3 aromatic carbocycles. The van der Waals surface area contributed by atoms with E-state index in [-0.39, 0.29) is 11.6 Å². The van der Waals surface area contributed by atoms with Gasteiger partial charge in [0.1, 0.15) is 0 Å². The second kappa shape index (κ2) is 9.28. The summed E-state index contributed by atoms with van der Waals surface area (Å²) in [5.74, 6) is 1.33. The van der Waals surface area contributed by atoms with Gasteiger partial charge in [0.05, 0.1) is 30.0 Å². The van der Waals surface area contributed by atoms with Crippen LogP contribution in [0.15, 0.2) is 88.2 Å². The fraction of sp³-hybridized carbons (Fsp3) is 0.200. The summed E-state index contributed by atoms with van der Waals surface area (Å²) in [5, 5.41) is 0. The Kier molecular flexibility index (Phi) is 5.82. The largest absolute Gasteiger partial charge is 0.493 e. The molecule has 5 nitrogen and oxygen atoms in total. The van der Waals surface area contributed by atoms with E-state index >= 15 is 0 Å². The summed E-state index contributed by atoms with van der Waals surface area (Å²) >= 11 is 1.44. The van der Waals surface area contributed by atoms with Gasteiger partial charge in [-0.25, -0.2) is 4.99 Å². The first-order valence-electron chi connectivity index (χ1n) is 12.2. The molecular weight excluding hydrogens is 468 g/mol. The number of hydrogen-bond donors (Lipinski definition) is 0. The first-order chi connectivity index (χ1) is 17.7. The van der Waals surface area contributed by atoms with Gasteiger partial charge in [0.25, 0.3) is 5.56 Å². The zero-order valence-corrected chi connectivity index (χ0v) is 21.0. The van der Waals surface area contributed by atoms with Crippen molar-refractivity contribution in [1.82, 2.24) is 4.57 Å². The summed E-state index contributed by atoms with van der Waals surface area (Å²) in [6.45, 7) is 2.50. The minimum Gasteiger partial charge on any atom is -0.493 e. The summed E-state index contributed by atoms with van der Waals surface area (Å²) in [5.41, 5.74) is 6.68. The Morgan fingerprint density at radius 1 is 1.03 bits per heavy atom. The van der Waals surface area contributed by atoms with Gasteiger partial charge in [0, 0.05) is 5.56 Å². The molecule has 6 rings (SSSR count). The van der Waals surface area contributed by atoms with Gasteiger partial charge in [0.2, 0.25) is 0 Å². The first-order valence-corrected chi connectivity index (χ1v) is 13.0. The second-order valence-corrected chi connectivity index (χ2v) is 9.88. The molecule has 1 atom stereocenters. The van der Waals surface area contributed by atoms with Crippen molar-refractivity contribution in [2.75, 3.05) is 13.7 Å². The van der Waals surface area contributed by atoms with E-state index in [9.17, 15) is 4.79 Å². The molecule has 0 saturated carbocycles. The Labute approximate surface area is 213 Å². The van der Waals surface area contributed by atoms with Gasteiger partial charge in [-0.05, 0) is 60.2 Å². The van der Waals surface area contributed by atoms with Crippen LogP contribution in [0, 0.1) is 0 Å². The van der Waals surface area contributed by atoms with Crippen LogP contribution in [0.5, 0.6) is 11.5 Å². The third-order valence-corrected chi connectivity index (χ3v) is 7.76. The lowest BCUT2D eigenvalue weighted by atomic mass is 9.83. The number of nitrogens with zero attached hydrogens (tertiary/aromatic N) is 2. The lowest BCUT2D eigenvalue weighted by Gasteiger charge is -2.30. The van der Waals surface area contributed by atoms with E-state index in [0.29, 0.717) is 22.6 Å². The highest BCUT2D eigenvalue weighted by Gasteiger charge is 2.32. The van der Waals surface area contributed by atoms with Gasteiger partial charge >= 0.3 is 0 Å². The predicted octanol–water partition coefficient (Wildman–Crippen LogP) is 4.73. The monoisotopic (exact) mass is 494 g/mol. The Bertz CT molecular complexity index is 1660. The van der Waals surface area contributed by atoms with Crippen LogP contribution in [0.1, 0.15) is 41.6 Å². The highest BCUT2D eigenvalue weighted by Crippen LogP contribution is 2.41. The Balaban J connectivity index is 1.56. The molecule has 0 fully saturated rings. The van der Waals surface area contributed by atoms with Crippen molar-refractivity contribution in [2.45, 2.75) is 25.8 Å². The lowest BCUT2D eigenvalue weighted by Crippen LogP contribution is -2.38. The van der Waals surface area contributed by atoms with Gasteiger partial charge < -0.3 is 9.47 Å². The van der Waals surface area contributed by atoms with Crippen LogP contribution in [0.3, 0.4) is 0 Å². The van der Waals surface area contributed by atoms with Crippen LogP contribution in [-0.2, 0) is 6.42 Å². The van der Waals surface area contributed by atoms with Gasteiger partial charge in [0.15, 0.2) is 16.3 Å². The fourth-order valence-corrected chi connectivity index (χ4v) is 6.16.